The van der Waals surface area contributed by atoms with Crippen molar-refractivity contribution in [3.05, 3.63) is 57.6 Å². The fourth-order valence-corrected chi connectivity index (χ4v) is 3.26. The molecule has 2 aromatic rings. The van der Waals surface area contributed by atoms with Gasteiger partial charge in [0.25, 0.3) is 9.05 Å². The molecule has 114 valence electrons. The summed E-state index contributed by atoms with van der Waals surface area (Å²) >= 11 is 11.3. The summed E-state index contributed by atoms with van der Waals surface area (Å²) in [6.45, 7) is 3.79. The van der Waals surface area contributed by atoms with Crippen molar-refractivity contribution in [2.45, 2.75) is 18.7 Å². The van der Waals surface area contributed by atoms with Gasteiger partial charge < -0.3 is 5.73 Å². The Kier molecular flexibility index (Phi) is 6.35. The molecule has 0 saturated carbocycles. The fourth-order valence-electron chi connectivity index (χ4n) is 1.44. The van der Waals surface area contributed by atoms with Crippen molar-refractivity contribution in [3.8, 4) is 0 Å². The quantitative estimate of drug-likeness (QED) is 0.582. The van der Waals surface area contributed by atoms with E-state index in [1.165, 1.54) is 6.07 Å². The predicted octanol–water partition coefficient (Wildman–Crippen LogP) is 4.81. The molecule has 0 radical (unpaired) electrons. The molecular weight excluding hydrogens is 353 g/mol. The van der Waals surface area contributed by atoms with Gasteiger partial charge in [-0.1, -0.05) is 35.3 Å². The molecule has 0 fully saturated rings. The molecule has 0 aromatic heterocycles. The van der Waals surface area contributed by atoms with Gasteiger partial charge in [0.05, 0.1) is 15.7 Å². The maximum atomic E-state index is 10.8. The highest BCUT2D eigenvalue weighted by Crippen LogP contribution is 2.25. The van der Waals surface area contributed by atoms with Crippen LogP contribution >= 0.6 is 33.9 Å². The smallest absolute Gasteiger partial charge is 0.262 e. The SMILES string of the molecule is Cc1ccc(N)c(Cl)c1.Cc1ccc(S(=O)(=O)Cl)c(Cl)c1. The molecule has 2 rings (SSSR count). The van der Waals surface area contributed by atoms with Gasteiger partial charge in [-0.2, -0.15) is 0 Å². The van der Waals surface area contributed by atoms with Crippen LogP contribution in [0, 0.1) is 13.8 Å². The Morgan fingerprint density at radius 3 is 1.76 bits per heavy atom. The van der Waals surface area contributed by atoms with Gasteiger partial charge in [0.1, 0.15) is 4.90 Å². The van der Waals surface area contributed by atoms with Gasteiger partial charge in [-0.3, -0.25) is 0 Å². The van der Waals surface area contributed by atoms with Gasteiger partial charge in [-0.25, -0.2) is 8.42 Å². The average Bonchev–Trinajstić information content (AvgIpc) is 2.33. The van der Waals surface area contributed by atoms with E-state index in [9.17, 15) is 8.42 Å². The molecule has 0 atom stereocenters. The Morgan fingerprint density at radius 2 is 1.38 bits per heavy atom. The molecule has 0 amide bonds. The standard InChI is InChI=1S/C7H6Cl2O2S.C7H8ClN/c1-5-2-3-7(6(8)4-5)12(9,10)11;1-5-2-3-7(9)6(8)4-5/h2-4H,1H3;2-4H,9H2,1H3. The molecule has 0 saturated heterocycles. The summed E-state index contributed by atoms with van der Waals surface area (Å²) in [6.07, 6.45) is 0. The summed E-state index contributed by atoms with van der Waals surface area (Å²) in [6, 6.07) is 10.2. The van der Waals surface area contributed by atoms with E-state index in [2.05, 4.69) is 0 Å². The van der Waals surface area contributed by atoms with Crippen molar-refractivity contribution < 1.29 is 8.42 Å². The third-order valence-corrected chi connectivity index (χ3v) is 4.64. The first-order valence-corrected chi connectivity index (χ1v) is 8.90. The number of hydrogen-bond donors (Lipinski definition) is 1. The van der Waals surface area contributed by atoms with Crippen LogP contribution in [0.3, 0.4) is 0 Å². The summed E-state index contributed by atoms with van der Waals surface area (Å²) in [7, 11) is 1.39. The van der Waals surface area contributed by atoms with Gasteiger partial charge in [-0.05, 0) is 49.2 Å². The molecule has 0 unspecified atom stereocenters. The number of anilines is 1. The zero-order chi connectivity index (χ0) is 16.2. The third kappa shape index (κ3) is 5.75. The first kappa shape index (κ1) is 18.1. The average molecular weight is 367 g/mol. The summed E-state index contributed by atoms with van der Waals surface area (Å²) < 4.78 is 21.7. The van der Waals surface area contributed by atoms with Gasteiger partial charge in [0.2, 0.25) is 0 Å². The molecule has 0 heterocycles. The van der Waals surface area contributed by atoms with Gasteiger partial charge in [-0.15, -0.1) is 0 Å². The number of rotatable bonds is 1. The number of aryl methyl sites for hydroxylation is 2. The van der Waals surface area contributed by atoms with Crippen molar-refractivity contribution in [1.82, 2.24) is 0 Å². The van der Waals surface area contributed by atoms with E-state index in [0.717, 1.165) is 11.1 Å². The molecular formula is C14H14Cl3NO2S. The summed E-state index contributed by atoms with van der Waals surface area (Å²) in [5, 5.41) is 0.792. The second kappa shape index (κ2) is 7.36. The molecule has 0 aliphatic heterocycles. The van der Waals surface area contributed by atoms with Crippen molar-refractivity contribution in [3.63, 3.8) is 0 Å². The lowest BCUT2D eigenvalue weighted by molar-refractivity contribution is 0.609. The summed E-state index contributed by atoms with van der Waals surface area (Å²) in [5.41, 5.74) is 8.12. The molecule has 0 spiro atoms. The molecule has 0 bridgehead atoms. The number of nitrogens with two attached hydrogens (primary N) is 1. The molecule has 21 heavy (non-hydrogen) atoms. The lowest BCUT2D eigenvalue weighted by Gasteiger charge is -1.99. The maximum absolute atomic E-state index is 10.8. The first-order valence-electron chi connectivity index (χ1n) is 5.83. The van der Waals surface area contributed by atoms with Gasteiger partial charge in [0.15, 0.2) is 0 Å². The lowest BCUT2D eigenvalue weighted by Crippen LogP contribution is -1.91. The van der Waals surface area contributed by atoms with E-state index in [4.69, 9.17) is 39.6 Å². The van der Waals surface area contributed by atoms with Crippen LogP contribution in [0.5, 0.6) is 0 Å². The second-order valence-corrected chi connectivity index (χ2v) is 7.75. The van der Waals surface area contributed by atoms with E-state index >= 15 is 0 Å². The molecule has 3 nitrogen and oxygen atoms in total. The van der Waals surface area contributed by atoms with Crippen LogP contribution in [0.25, 0.3) is 0 Å². The van der Waals surface area contributed by atoms with Crippen molar-refractivity contribution in [1.29, 1.82) is 0 Å². The highest BCUT2D eigenvalue weighted by molar-refractivity contribution is 8.13. The summed E-state index contributed by atoms with van der Waals surface area (Å²) in [4.78, 5) is -0.0450. The fraction of sp³-hybridized carbons (Fsp3) is 0.143. The Bertz CT molecular complexity index is 746. The number of benzene rings is 2. The Hall–Kier alpha value is -0.940. The lowest BCUT2D eigenvalue weighted by atomic mass is 10.2. The van der Waals surface area contributed by atoms with E-state index in [1.54, 1.807) is 18.2 Å². The first-order chi connectivity index (χ1) is 9.61. The van der Waals surface area contributed by atoms with Crippen molar-refractivity contribution >= 4 is 48.6 Å². The molecule has 0 aliphatic carbocycles. The number of nitrogen functional groups attached to an aromatic ring is 1. The van der Waals surface area contributed by atoms with Gasteiger partial charge in [0, 0.05) is 10.7 Å². The minimum atomic E-state index is -3.71. The van der Waals surface area contributed by atoms with Crippen LogP contribution in [-0.4, -0.2) is 8.42 Å². The molecule has 0 aliphatic rings. The Morgan fingerprint density at radius 1 is 0.905 bits per heavy atom. The van der Waals surface area contributed by atoms with Crippen LogP contribution in [0.2, 0.25) is 10.0 Å². The van der Waals surface area contributed by atoms with E-state index in [1.807, 2.05) is 26.0 Å². The van der Waals surface area contributed by atoms with Crippen LogP contribution in [0.4, 0.5) is 5.69 Å². The molecule has 2 N–H and O–H groups in total. The minimum absolute atomic E-state index is 0.0450. The highest BCUT2D eigenvalue weighted by atomic mass is 35.7. The number of hydrogen-bond acceptors (Lipinski definition) is 3. The maximum Gasteiger partial charge on any atom is 0.262 e. The van der Waals surface area contributed by atoms with E-state index in [-0.39, 0.29) is 9.92 Å². The Labute approximate surface area is 139 Å². The highest BCUT2D eigenvalue weighted by Gasteiger charge is 2.13. The van der Waals surface area contributed by atoms with Crippen LogP contribution in [-0.2, 0) is 9.05 Å². The normalized spacial score (nSPS) is 10.7. The minimum Gasteiger partial charge on any atom is -0.398 e. The van der Waals surface area contributed by atoms with E-state index in [0.29, 0.717) is 10.7 Å². The third-order valence-electron chi connectivity index (χ3n) is 2.51. The molecule has 7 heteroatoms. The predicted molar refractivity (Wildman–Crippen MR) is 89.8 cm³/mol. The topological polar surface area (TPSA) is 60.2 Å². The van der Waals surface area contributed by atoms with Crippen LogP contribution < -0.4 is 5.73 Å². The van der Waals surface area contributed by atoms with Gasteiger partial charge >= 0.3 is 0 Å². The Balaban J connectivity index is 0.000000219. The van der Waals surface area contributed by atoms with Crippen LogP contribution in [0.15, 0.2) is 41.3 Å². The zero-order valence-corrected chi connectivity index (χ0v) is 14.5. The van der Waals surface area contributed by atoms with E-state index < -0.39 is 9.05 Å². The zero-order valence-electron chi connectivity index (χ0n) is 11.4. The second-order valence-electron chi connectivity index (χ2n) is 4.40. The monoisotopic (exact) mass is 365 g/mol. The summed E-state index contributed by atoms with van der Waals surface area (Å²) in [5.74, 6) is 0. The van der Waals surface area contributed by atoms with Crippen molar-refractivity contribution in [2.24, 2.45) is 0 Å². The number of halogens is 3. The van der Waals surface area contributed by atoms with Crippen LogP contribution in [0.1, 0.15) is 11.1 Å². The largest absolute Gasteiger partial charge is 0.398 e. The van der Waals surface area contributed by atoms with Crippen molar-refractivity contribution in [2.75, 3.05) is 5.73 Å². The molecule has 2 aromatic carbocycles.